The third-order valence-electron chi connectivity index (χ3n) is 4.59. The lowest BCUT2D eigenvalue weighted by Gasteiger charge is -2.05. The first-order valence-corrected chi connectivity index (χ1v) is 9.08. The summed E-state index contributed by atoms with van der Waals surface area (Å²) in [4.78, 5) is 16.8. The molecule has 0 spiro atoms. The van der Waals surface area contributed by atoms with Gasteiger partial charge in [-0.15, -0.1) is 0 Å². The fraction of sp³-hybridized carbons (Fsp3) is 0.130. The van der Waals surface area contributed by atoms with Crippen LogP contribution < -0.4 is 5.32 Å². The van der Waals surface area contributed by atoms with E-state index in [1.165, 1.54) is 17.7 Å². The lowest BCUT2D eigenvalue weighted by Crippen LogP contribution is -2.13. The Balaban J connectivity index is 1.60. The van der Waals surface area contributed by atoms with E-state index in [1.807, 2.05) is 12.1 Å². The Morgan fingerprint density at radius 3 is 2.50 bits per heavy atom. The van der Waals surface area contributed by atoms with Gasteiger partial charge < -0.3 is 9.73 Å². The molecule has 4 rings (SSSR count). The van der Waals surface area contributed by atoms with Crippen molar-refractivity contribution in [3.05, 3.63) is 83.7 Å². The second kappa shape index (κ2) is 7.27. The highest BCUT2D eigenvalue weighted by Gasteiger charge is 2.13. The Labute approximate surface area is 162 Å². The zero-order valence-corrected chi connectivity index (χ0v) is 15.6. The normalized spacial score (nSPS) is 11.1. The monoisotopic (exact) mass is 374 g/mol. The van der Waals surface area contributed by atoms with Gasteiger partial charge in [-0.3, -0.25) is 4.79 Å². The van der Waals surface area contributed by atoms with Gasteiger partial charge in [0.15, 0.2) is 5.58 Å². The summed E-state index contributed by atoms with van der Waals surface area (Å²) in [5, 5.41) is 2.70. The number of hydrogen-bond donors (Lipinski definition) is 1. The van der Waals surface area contributed by atoms with E-state index >= 15 is 0 Å². The molecule has 0 fully saturated rings. The third-order valence-corrected chi connectivity index (χ3v) is 4.59. The van der Waals surface area contributed by atoms with Gasteiger partial charge in [-0.1, -0.05) is 38.1 Å². The molecule has 0 bridgehead atoms. The molecule has 4 aromatic rings. The van der Waals surface area contributed by atoms with Crippen molar-refractivity contribution in [2.75, 3.05) is 5.32 Å². The number of carbonyl (C=O) groups is 1. The Morgan fingerprint density at radius 1 is 1.04 bits per heavy atom. The summed E-state index contributed by atoms with van der Waals surface area (Å²) in [6.45, 7) is 4.29. The molecule has 1 aromatic heterocycles. The molecule has 0 saturated heterocycles. The van der Waals surface area contributed by atoms with Crippen molar-refractivity contribution in [1.82, 2.24) is 4.98 Å². The van der Waals surface area contributed by atoms with Crippen LogP contribution in [-0.2, 0) is 0 Å². The number of nitrogens with one attached hydrogen (secondary N) is 1. The number of benzene rings is 3. The molecule has 28 heavy (non-hydrogen) atoms. The van der Waals surface area contributed by atoms with E-state index in [0.717, 1.165) is 5.56 Å². The maximum atomic E-state index is 13.8. The number of aromatic nitrogens is 1. The highest BCUT2D eigenvalue weighted by Crippen LogP contribution is 2.27. The first kappa shape index (κ1) is 17.9. The Kier molecular flexibility index (Phi) is 4.65. The number of anilines is 1. The number of rotatable bonds is 4. The molecule has 0 radical (unpaired) electrons. The van der Waals surface area contributed by atoms with E-state index in [-0.39, 0.29) is 5.56 Å². The van der Waals surface area contributed by atoms with Gasteiger partial charge in [0.2, 0.25) is 5.89 Å². The van der Waals surface area contributed by atoms with Crippen LogP contribution >= 0.6 is 0 Å². The number of hydrogen-bond acceptors (Lipinski definition) is 3. The Morgan fingerprint density at radius 2 is 1.79 bits per heavy atom. The SMILES string of the molecule is CC(C)c1ccc(-c2nc3cc(NC(=O)c4ccccc4F)ccc3o2)cc1. The molecule has 0 aliphatic heterocycles. The minimum atomic E-state index is -0.561. The van der Waals surface area contributed by atoms with Crippen LogP contribution in [0.15, 0.2) is 71.1 Å². The zero-order valence-electron chi connectivity index (χ0n) is 15.6. The van der Waals surface area contributed by atoms with Gasteiger partial charge in [-0.05, 0) is 53.9 Å². The van der Waals surface area contributed by atoms with E-state index in [0.29, 0.717) is 28.6 Å². The quantitative estimate of drug-likeness (QED) is 0.476. The molecule has 4 nitrogen and oxygen atoms in total. The van der Waals surface area contributed by atoms with Gasteiger partial charge >= 0.3 is 0 Å². The first-order chi connectivity index (χ1) is 13.5. The molecule has 3 aromatic carbocycles. The second-order valence-electron chi connectivity index (χ2n) is 6.91. The van der Waals surface area contributed by atoms with Gasteiger partial charge in [0, 0.05) is 11.3 Å². The van der Waals surface area contributed by atoms with Crippen LogP contribution in [0.2, 0.25) is 0 Å². The number of nitrogens with zero attached hydrogens (tertiary/aromatic N) is 1. The van der Waals surface area contributed by atoms with Gasteiger partial charge in [0.05, 0.1) is 5.56 Å². The molecule has 0 aliphatic carbocycles. The first-order valence-electron chi connectivity index (χ1n) is 9.08. The highest BCUT2D eigenvalue weighted by atomic mass is 19.1. The molecule has 0 saturated carbocycles. The maximum absolute atomic E-state index is 13.8. The number of carbonyl (C=O) groups excluding carboxylic acids is 1. The molecule has 5 heteroatoms. The van der Waals surface area contributed by atoms with Gasteiger partial charge in [0.25, 0.3) is 5.91 Å². The molecular formula is C23H19FN2O2. The molecule has 140 valence electrons. The Bertz CT molecular complexity index is 1150. The Hall–Kier alpha value is -3.47. The predicted octanol–water partition coefficient (Wildman–Crippen LogP) is 6.01. The molecule has 1 heterocycles. The summed E-state index contributed by atoms with van der Waals surface area (Å²) < 4.78 is 19.6. The molecule has 0 unspecified atom stereocenters. The van der Waals surface area contributed by atoms with Crippen molar-refractivity contribution in [1.29, 1.82) is 0 Å². The summed E-state index contributed by atoms with van der Waals surface area (Å²) in [5.41, 5.74) is 3.89. The van der Waals surface area contributed by atoms with Crippen molar-refractivity contribution in [3.8, 4) is 11.5 Å². The second-order valence-corrected chi connectivity index (χ2v) is 6.91. The molecule has 0 aliphatic rings. The van der Waals surface area contributed by atoms with Crippen LogP contribution in [0.3, 0.4) is 0 Å². The zero-order chi connectivity index (χ0) is 19.7. The molecular weight excluding hydrogens is 355 g/mol. The summed E-state index contributed by atoms with van der Waals surface area (Å²) in [6.07, 6.45) is 0. The summed E-state index contributed by atoms with van der Waals surface area (Å²) in [5.74, 6) is -0.0960. The summed E-state index contributed by atoms with van der Waals surface area (Å²) in [7, 11) is 0. The van der Waals surface area contributed by atoms with E-state index in [4.69, 9.17) is 4.42 Å². The van der Waals surface area contributed by atoms with Crippen LogP contribution in [0.25, 0.3) is 22.6 Å². The highest BCUT2D eigenvalue weighted by molar-refractivity contribution is 6.05. The summed E-state index contributed by atoms with van der Waals surface area (Å²) >= 11 is 0. The fourth-order valence-corrected chi connectivity index (χ4v) is 2.98. The number of fused-ring (bicyclic) bond motifs is 1. The van der Waals surface area contributed by atoms with Crippen LogP contribution in [0.1, 0.15) is 35.7 Å². The number of oxazole rings is 1. The lowest BCUT2D eigenvalue weighted by atomic mass is 10.0. The minimum absolute atomic E-state index is 0.00585. The van der Waals surface area contributed by atoms with E-state index in [1.54, 1.807) is 30.3 Å². The van der Waals surface area contributed by atoms with Gasteiger partial charge in [-0.2, -0.15) is 0 Å². The van der Waals surface area contributed by atoms with E-state index < -0.39 is 11.7 Å². The van der Waals surface area contributed by atoms with Crippen LogP contribution in [0.5, 0.6) is 0 Å². The van der Waals surface area contributed by atoms with E-state index in [2.05, 4.69) is 36.3 Å². The average Bonchev–Trinajstić information content (AvgIpc) is 3.11. The van der Waals surface area contributed by atoms with Crippen molar-refractivity contribution in [3.63, 3.8) is 0 Å². The fourth-order valence-electron chi connectivity index (χ4n) is 2.98. The van der Waals surface area contributed by atoms with E-state index in [9.17, 15) is 9.18 Å². The standard InChI is InChI=1S/C23H19FN2O2/c1-14(2)15-7-9-16(10-8-15)23-26-20-13-17(11-12-21(20)28-23)25-22(27)18-5-3-4-6-19(18)24/h3-14H,1-2H3,(H,25,27). The minimum Gasteiger partial charge on any atom is -0.436 e. The van der Waals surface area contributed by atoms with Crippen molar-refractivity contribution < 1.29 is 13.6 Å². The van der Waals surface area contributed by atoms with Crippen LogP contribution in [0, 0.1) is 5.82 Å². The topological polar surface area (TPSA) is 55.1 Å². The van der Waals surface area contributed by atoms with Crippen LogP contribution in [0.4, 0.5) is 10.1 Å². The van der Waals surface area contributed by atoms with Crippen molar-refractivity contribution in [2.24, 2.45) is 0 Å². The third kappa shape index (κ3) is 3.51. The van der Waals surface area contributed by atoms with Crippen molar-refractivity contribution in [2.45, 2.75) is 19.8 Å². The molecule has 1 amide bonds. The molecule has 0 atom stereocenters. The van der Waals surface area contributed by atoms with Crippen molar-refractivity contribution >= 4 is 22.7 Å². The van der Waals surface area contributed by atoms with Gasteiger partial charge in [0.1, 0.15) is 11.3 Å². The van der Waals surface area contributed by atoms with Gasteiger partial charge in [-0.25, -0.2) is 9.37 Å². The number of halogens is 1. The number of amides is 1. The maximum Gasteiger partial charge on any atom is 0.258 e. The largest absolute Gasteiger partial charge is 0.436 e. The predicted molar refractivity (Wildman–Crippen MR) is 108 cm³/mol. The molecule has 1 N–H and O–H groups in total. The average molecular weight is 374 g/mol. The smallest absolute Gasteiger partial charge is 0.258 e. The van der Waals surface area contributed by atoms with Crippen LogP contribution in [-0.4, -0.2) is 10.9 Å². The summed E-state index contributed by atoms with van der Waals surface area (Å²) in [6, 6.07) is 19.1. The lowest BCUT2D eigenvalue weighted by molar-refractivity contribution is 0.102.